The van der Waals surface area contributed by atoms with E-state index in [1.54, 1.807) is 15.8 Å². The minimum absolute atomic E-state index is 0.0398. The van der Waals surface area contributed by atoms with Crippen LogP contribution in [-0.4, -0.2) is 53.2 Å². The Bertz CT molecular complexity index is 507. The van der Waals surface area contributed by atoms with Gasteiger partial charge in [-0.05, 0) is 12.8 Å². The number of thiazole rings is 1. The lowest BCUT2D eigenvalue weighted by atomic mass is 10.0. The molecule has 3 amide bonds. The van der Waals surface area contributed by atoms with Crippen molar-refractivity contribution >= 4 is 23.3 Å². The van der Waals surface area contributed by atoms with Gasteiger partial charge in [-0.25, -0.2) is 9.78 Å². The first-order chi connectivity index (χ1) is 9.66. The molecular weight excluding hydrogens is 280 g/mol. The summed E-state index contributed by atoms with van der Waals surface area (Å²) >= 11 is 1.37. The van der Waals surface area contributed by atoms with Crippen LogP contribution in [0, 0.1) is 0 Å². The van der Waals surface area contributed by atoms with Gasteiger partial charge in [0.15, 0.2) is 0 Å². The number of nitrogens with one attached hydrogen (secondary N) is 1. The summed E-state index contributed by atoms with van der Waals surface area (Å²) in [5, 5.41) is 4.59. The van der Waals surface area contributed by atoms with Crippen molar-refractivity contribution in [2.45, 2.75) is 31.0 Å². The van der Waals surface area contributed by atoms with Gasteiger partial charge in [0.2, 0.25) is 0 Å². The van der Waals surface area contributed by atoms with Crippen LogP contribution in [-0.2, 0) is 4.74 Å². The lowest BCUT2D eigenvalue weighted by molar-refractivity contribution is -0.0141. The van der Waals surface area contributed by atoms with Gasteiger partial charge in [-0.1, -0.05) is 0 Å². The molecule has 0 saturated carbocycles. The number of nitrogens with two attached hydrogens (primary N) is 1. The Hall–Kier alpha value is -1.67. The number of fused-ring (bicyclic) bond motifs is 1. The van der Waals surface area contributed by atoms with Gasteiger partial charge in [-0.3, -0.25) is 4.79 Å². The Morgan fingerprint density at radius 1 is 1.55 bits per heavy atom. The predicted molar refractivity (Wildman–Crippen MR) is 72.4 cm³/mol. The van der Waals surface area contributed by atoms with Crippen molar-refractivity contribution in [1.82, 2.24) is 15.2 Å². The number of rotatable bonds is 2. The van der Waals surface area contributed by atoms with E-state index in [9.17, 15) is 9.59 Å². The van der Waals surface area contributed by atoms with Gasteiger partial charge < -0.3 is 20.7 Å². The Balaban J connectivity index is 1.73. The lowest BCUT2D eigenvalue weighted by Crippen LogP contribution is -2.48. The van der Waals surface area contributed by atoms with E-state index in [0.717, 1.165) is 12.8 Å². The number of primary amides is 1. The second-order valence-electron chi connectivity index (χ2n) is 4.99. The maximum atomic E-state index is 12.1. The fourth-order valence-electron chi connectivity index (χ4n) is 2.90. The summed E-state index contributed by atoms with van der Waals surface area (Å²) in [6, 6.07) is -0.736. The zero-order chi connectivity index (χ0) is 14.1. The van der Waals surface area contributed by atoms with E-state index in [1.807, 2.05) is 0 Å². The number of likely N-dealkylation sites (tertiary alicyclic amines) is 1. The third-order valence-electron chi connectivity index (χ3n) is 3.79. The molecule has 0 unspecified atom stereocenters. The molecule has 3 N–H and O–H groups in total. The molecule has 3 heterocycles. The summed E-state index contributed by atoms with van der Waals surface area (Å²) in [6.45, 7) is 1.04. The van der Waals surface area contributed by atoms with E-state index in [2.05, 4.69) is 10.3 Å². The molecule has 2 saturated heterocycles. The van der Waals surface area contributed by atoms with Crippen LogP contribution >= 0.6 is 11.3 Å². The molecule has 3 rings (SSSR count). The topological polar surface area (TPSA) is 97.6 Å². The molecule has 0 aromatic carbocycles. The first-order valence-corrected chi connectivity index (χ1v) is 7.48. The summed E-state index contributed by atoms with van der Waals surface area (Å²) in [5.41, 5.74) is 7.40. The highest BCUT2D eigenvalue weighted by Gasteiger charge is 2.46. The summed E-state index contributed by atoms with van der Waals surface area (Å²) in [7, 11) is 0. The number of hydrogen-bond acceptors (Lipinski definition) is 5. The standard InChI is InChI=1S/C12H16N4O3S/c13-12(18)16-4-7(10-9(16)2-1-3-19-10)15-11(17)8-5-20-6-14-8/h5-7,9-10H,1-4H2,(H2,13,18)(H,15,17)/t7-,9-,10-/m1/s1. The van der Waals surface area contributed by atoms with Crippen molar-refractivity contribution in [2.75, 3.05) is 13.2 Å². The average Bonchev–Trinajstić information content (AvgIpc) is 3.07. The van der Waals surface area contributed by atoms with Crippen molar-refractivity contribution < 1.29 is 14.3 Å². The van der Waals surface area contributed by atoms with Crippen LogP contribution in [0.5, 0.6) is 0 Å². The molecule has 0 bridgehead atoms. The van der Waals surface area contributed by atoms with Crippen LogP contribution in [0.1, 0.15) is 23.3 Å². The van der Waals surface area contributed by atoms with Crippen LogP contribution in [0.15, 0.2) is 10.9 Å². The first kappa shape index (κ1) is 13.3. The van der Waals surface area contributed by atoms with E-state index < -0.39 is 6.03 Å². The molecule has 1 aromatic rings. The molecule has 20 heavy (non-hydrogen) atoms. The number of carbonyl (C=O) groups is 2. The van der Waals surface area contributed by atoms with Crippen LogP contribution in [0.4, 0.5) is 4.79 Å². The normalized spacial score (nSPS) is 29.0. The van der Waals surface area contributed by atoms with E-state index in [4.69, 9.17) is 10.5 Å². The Labute approximate surface area is 120 Å². The highest BCUT2D eigenvalue weighted by Crippen LogP contribution is 2.28. The van der Waals surface area contributed by atoms with Crippen molar-refractivity contribution in [2.24, 2.45) is 5.73 Å². The lowest BCUT2D eigenvalue weighted by Gasteiger charge is -2.31. The minimum Gasteiger partial charge on any atom is -0.374 e. The number of amides is 3. The van der Waals surface area contributed by atoms with Gasteiger partial charge in [-0.2, -0.15) is 0 Å². The Kier molecular flexibility index (Phi) is 3.58. The van der Waals surface area contributed by atoms with Crippen molar-refractivity contribution in [3.8, 4) is 0 Å². The van der Waals surface area contributed by atoms with E-state index >= 15 is 0 Å². The van der Waals surface area contributed by atoms with Crippen LogP contribution in [0.2, 0.25) is 0 Å². The van der Waals surface area contributed by atoms with Gasteiger partial charge in [0.25, 0.3) is 5.91 Å². The predicted octanol–water partition coefficient (Wildman–Crippen LogP) is 0.183. The summed E-state index contributed by atoms with van der Waals surface area (Å²) in [5.74, 6) is -0.240. The molecule has 0 radical (unpaired) electrons. The first-order valence-electron chi connectivity index (χ1n) is 6.53. The van der Waals surface area contributed by atoms with Gasteiger partial charge in [0, 0.05) is 18.5 Å². The molecular formula is C12H16N4O3S. The smallest absolute Gasteiger partial charge is 0.315 e. The molecule has 0 spiro atoms. The van der Waals surface area contributed by atoms with Crippen molar-refractivity contribution in [3.63, 3.8) is 0 Å². The molecule has 8 heteroatoms. The molecule has 1 aromatic heterocycles. The highest BCUT2D eigenvalue weighted by molar-refractivity contribution is 7.07. The molecule has 2 aliphatic rings. The maximum Gasteiger partial charge on any atom is 0.315 e. The van der Waals surface area contributed by atoms with E-state index in [1.165, 1.54) is 11.3 Å². The number of ether oxygens (including phenoxy) is 1. The Morgan fingerprint density at radius 3 is 3.10 bits per heavy atom. The summed E-state index contributed by atoms with van der Waals surface area (Å²) in [4.78, 5) is 29.1. The number of carbonyl (C=O) groups excluding carboxylic acids is 2. The molecule has 3 atom stereocenters. The number of nitrogens with zero attached hydrogens (tertiary/aromatic N) is 2. The van der Waals surface area contributed by atoms with E-state index in [-0.39, 0.29) is 24.1 Å². The molecule has 2 aliphatic heterocycles. The molecule has 7 nitrogen and oxygen atoms in total. The highest BCUT2D eigenvalue weighted by atomic mass is 32.1. The zero-order valence-corrected chi connectivity index (χ0v) is 11.6. The van der Waals surface area contributed by atoms with Crippen molar-refractivity contribution in [1.29, 1.82) is 0 Å². The third kappa shape index (κ3) is 2.36. The summed E-state index contributed by atoms with van der Waals surface area (Å²) < 4.78 is 5.73. The second kappa shape index (κ2) is 5.37. The van der Waals surface area contributed by atoms with Crippen molar-refractivity contribution in [3.05, 3.63) is 16.6 Å². The van der Waals surface area contributed by atoms with Gasteiger partial charge in [0.05, 0.1) is 23.7 Å². The zero-order valence-electron chi connectivity index (χ0n) is 10.8. The number of aromatic nitrogens is 1. The fraction of sp³-hybridized carbons (Fsp3) is 0.583. The van der Waals surface area contributed by atoms with Crippen LogP contribution < -0.4 is 11.1 Å². The molecule has 2 fully saturated rings. The maximum absolute atomic E-state index is 12.1. The quantitative estimate of drug-likeness (QED) is 0.813. The number of urea groups is 1. The Morgan fingerprint density at radius 2 is 2.40 bits per heavy atom. The van der Waals surface area contributed by atoms with Crippen LogP contribution in [0.25, 0.3) is 0 Å². The average molecular weight is 296 g/mol. The van der Waals surface area contributed by atoms with E-state index in [0.29, 0.717) is 18.8 Å². The van der Waals surface area contributed by atoms with Gasteiger partial charge in [-0.15, -0.1) is 11.3 Å². The van der Waals surface area contributed by atoms with Gasteiger partial charge >= 0.3 is 6.03 Å². The number of hydrogen-bond donors (Lipinski definition) is 2. The molecule has 0 aliphatic carbocycles. The summed E-state index contributed by atoms with van der Waals surface area (Å²) in [6.07, 6.45) is 1.58. The molecule has 108 valence electrons. The monoisotopic (exact) mass is 296 g/mol. The SMILES string of the molecule is NC(=O)N1C[C@@H](NC(=O)c2cscn2)[C@H]2OCCC[C@H]21. The van der Waals surface area contributed by atoms with Crippen LogP contribution in [0.3, 0.4) is 0 Å². The largest absolute Gasteiger partial charge is 0.374 e. The van der Waals surface area contributed by atoms with Gasteiger partial charge in [0.1, 0.15) is 5.69 Å². The minimum atomic E-state index is -0.462. The third-order valence-corrected chi connectivity index (χ3v) is 4.38. The second-order valence-corrected chi connectivity index (χ2v) is 5.71. The fourth-order valence-corrected chi connectivity index (χ4v) is 3.44.